The van der Waals surface area contributed by atoms with Crippen LogP contribution < -0.4 is 5.32 Å². The number of likely N-dealkylation sites (tertiary alicyclic amines) is 1. The molecular formula is C13H26N2O. The zero-order valence-corrected chi connectivity index (χ0v) is 10.7. The fourth-order valence-corrected chi connectivity index (χ4v) is 3.27. The molecule has 1 saturated carbocycles. The van der Waals surface area contributed by atoms with E-state index < -0.39 is 0 Å². The second-order valence-electron chi connectivity index (χ2n) is 5.39. The second kappa shape index (κ2) is 5.99. The first-order chi connectivity index (χ1) is 7.83. The Balaban J connectivity index is 1.72. The lowest BCUT2D eigenvalue weighted by Crippen LogP contribution is -2.41. The number of hydrogen-bond donors (Lipinski definition) is 1. The van der Waals surface area contributed by atoms with Gasteiger partial charge in [0.2, 0.25) is 0 Å². The van der Waals surface area contributed by atoms with Gasteiger partial charge in [0.15, 0.2) is 0 Å². The summed E-state index contributed by atoms with van der Waals surface area (Å²) in [6, 6.07) is 1.61. The highest BCUT2D eigenvalue weighted by Crippen LogP contribution is 2.28. The van der Waals surface area contributed by atoms with Crippen LogP contribution in [0.15, 0.2) is 0 Å². The highest BCUT2D eigenvalue weighted by molar-refractivity contribution is 4.88. The van der Waals surface area contributed by atoms with E-state index in [1.54, 1.807) is 0 Å². The molecule has 2 aliphatic rings. The third kappa shape index (κ3) is 2.96. The van der Waals surface area contributed by atoms with Crippen LogP contribution in [-0.2, 0) is 4.74 Å². The van der Waals surface area contributed by atoms with E-state index >= 15 is 0 Å². The van der Waals surface area contributed by atoms with Crippen LogP contribution in [0, 0.1) is 5.92 Å². The van der Waals surface area contributed by atoms with Crippen molar-refractivity contribution in [1.29, 1.82) is 0 Å². The van der Waals surface area contributed by atoms with E-state index in [0.717, 1.165) is 24.6 Å². The van der Waals surface area contributed by atoms with Crippen molar-refractivity contribution in [2.45, 2.75) is 44.2 Å². The molecule has 94 valence electrons. The Morgan fingerprint density at radius 1 is 1.19 bits per heavy atom. The molecule has 1 aliphatic carbocycles. The maximum atomic E-state index is 5.25. The average molecular weight is 226 g/mol. The molecule has 0 bridgehead atoms. The predicted molar refractivity (Wildman–Crippen MR) is 66.7 cm³/mol. The van der Waals surface area contributed by atoms with E-state index in [0.29, 0.717) is 0 Å². The summed E-state index contributed by atoms with van der Waals surface area (Å²) in [5.41, 5.74) is 0. The van der Waals surface area contributed by atoms with Gasteiger partial charge in [-0.2, -0.15) is 0 Å². The Morgan fingerprint density at radius 2 is 1.94 bits per heavy atom. The van der Waals surface area contributed by atoms with Gasteiger partial charge < -0.3 is 15.0 Å². The number of ether oxygens (including phenoxy) is 1. The number of nitrogens with one attached hydrogen (secondary N) is 1. The maximum absolute atomic E-state index is 5.25. The monoisotopic (exact) mass is 226 g/mol. The summed E-state index contributed by atoms with van der Waals surface area (Å²) in [5, 5.41) is 3.42. The summed E-state index contributed by atoms with van der Waals surface area (Å²) in [4.78, 5) is 2.71. The van der Waals surface area contributed by atoms with Gasteiger partial charge in [-0.3, -0.25) is 0 Å². The molecule has 3 heteroatoms. The molecule has 0 aromatic heterocycles. The summed E-state index contributed by atoms with van der Waals surface area (Å²) < 4.78 is 5.25. The first-order valence-electron chi connectivity index (χ1n) is 6.73. The van der Waals surface area contributed by atoms with Crippen molar-refractivity contribution < 1.29 is 4.74 Å². The average Bonchev–Trinajstić information content (AvgIpc) is 2.79. The minimum Gasteiger partial charge on any atom is -0.384 e. The van der Waals surface area contributed by atoms with Gasteiger partial charge in [0.25, 0.3) is 0 Å². The van der Waals surface area contributed by atoms with Gasteiger partial charge in [0.1, 0.15) is 0 Å². The normalized spacial score (nSPS) is 33.4. The zero-order chi connectivity index (χ0) is 11.4. The number of piperidine rings is 1. The molecule has 0 spiro atoms. The van der Waals surface area contributed by atoms with E-state index in [1.165, 1.54) is 45.2 Å². The van der Waals surface area contributed by atoms with Crippen molar-refractivity contribution in [2.75, 3.05) is 33.9 Å². The Labute approximate surface area is 99.5 Å². The van der Waals surface area contributed by atoms with Crippen LogP contribution in [0.5, 0.6) is 0 Å². The molecule has 0 radical (unpaired) electrons. The molecule has 2 fully saturated rings. The SMILES string of the molecule is CNC1CCC(N2CCC(COC)CC2)C1. The fourth-order valence-electron chi connectivity index (χ4n) is 3.27. The summed E-state index contributed by atoms with van der Waals surface area (Å²) in [6.07, 6.45) is 6.76. The van der Waals surface area contributed by atoms with E-state index in [9.17, 15) is 0 Å². The standard InChI is InChI=1S/C13H26N2O/c1-14-12-3-4-13(9-12)15-7-5-11(6-8-15)10-16-2/h11-14H,3-10H2,1-2H3. The zero-order valence-electron chi connectivity index (χ0n) is 10.7. The summed E-state index contributed by atoms with van der Waals surface area (Å²) >= 11 is 0. The van der Waals surface area contributed by atoms with E-state index in [1.807, 2.05) is 7.11 Å². The third-order valence-corrected chi connectivity index (χ3v) is 4.38. The molecule has 1 N–H and O–H groups in total. The van der Waals surface area contributed by atoms with Crippen LogP contribution in [0.3, 0.4) is 0 Å². The van der Waals surface area contributed by atoms with E-state index in [-0.39, 0.29) is 0 Å². The molecule has 2 atom stereocenters. The molecule has 2 unspecified atom stereocenters. The van der Waals surface area contributed by atoms with E-state index in [4.69, 9.17) is 4.74 Å². The minimum absolute atomic E-state index is 0.765. The number of nitrogens with zero attached hydrogens (tertiary/aromatic N) is 1. The van der Waals surface area contributed by atoms with Gasteiger partial charge in [-0.25, -0.2) is 0 Å². The molecule has 0 aromatic carbocycles. The third-order valence-electron chi connectivity index (χ3n) is 4.38. The maximum Gasteiger partial charge on any atom is 0.0491 e. The Kier molecular flexibility index (Phi) is 4.62. The van der Waals surface area contributed by atoms with Crippen molar-refractivity contribution in [3.8, 4) is 0 Å². The van der Waals surface area contributed by atoms with Crippen LogP contribution in [0.1, 0.15) is 32.1 Å². The van der Waals surface area contributed by atoms with Gasteiger partial charge in [-0.05, 0) is 58.2 Å². The summed E-state index contributed by atoms with van der Waals surface area (Å²) in [5.74, 6) is 0.808. The molecule has 0 aromatic rings. The number of rotatable bonds is 4. The predicted octanol–water partition coefficient (Wildman–Crippen LogP) is 1.49. The Morgan fingerprint density at radius 3 is 2.50 bits per heavy atom. The molecule has 1 heterocycles. The molecule has 2 rings (SSSR count). The van der Waals surface area contributed by atoms with Gasteiger partial charge >= 0.3 is 0 Å². The molecule has 1 saturated heterocycles. The largest absolute Gasteiger partial charge is 0.384 e. The van der Waals surface area contributed by atoms with Crippen LogP contribution >= 0.6 is 0 Å². The van der Waals surface area contributed by atoms with Gasteiger partial charge in [-0.1, -0.05) is 0 Å². The Bertz CT molecular complexity index is 202. The van der Waals surface area contributed by atoms with Gasteiger partial charge in [0, 0.05) is 25.8 Å². The lowest BCUT2D eigenvalue weighted by atomic mass is 9.96. The lowest BCUT2D eigenvalue weighted by Gasteiger charge is -2.35. The highest BCUT2D eigenvalue weighted by Gasteiger charge is 2.30. The van der Waals surface area contributed by atoms with Crippen LogP contribution in [0.4, 0.5) is 0 Å². The molecular weight excluding hydrogens is 200 g/mol. The highest BCUT2D eigenvalue weighted by atomic mass is 16.5. The van der Waals surface area contributed by atoms with Crippen LogP contribution in [-0.4, -0.2) is 50.8 Å². The van der Waals surface area contributed by atoms with Crippen molar-refractivity contribution in [2.24, 2.45) is 5.92 Å². The van der Waals surface area contributed by atoms with Crippen molar-refractivity contribution in [3.05, 3.63) is 0 Å². The number of methoxy groups -OCH3 is 1. The second-order valence-corrected chi connectivity index (χ2v) is 5.39. The smallest absolute Gasteiger partial charge is 0.0491 e. The van der Waals surface area contributed by atoms with Crippen LogP contribution in [0.2, 0.25) is 0 Å². The quantitative estimate of drug-likeness (QED) is 0.786. The fraction of sp³-hybridized carbons (Fsp3) is 1.00. The minimum atomic E-state index is 0.765. The van der Waals surface area contributed by atoms with Crippen molar-refractivity contribution >= 4 is 0 Å². The van der Waals surface area contributed by atoms with Gasteiger partial charge in [-0.15, -0.1) is 0 Å². The van der Waals surface area contributed by atoms with Gasteiger partial charge in [0.05, 0.1) is 0 Å². The van der Waals surface area contributed by atoms with E-state index in [2.05, 4.69) is 17.3 Å². The molecule has 1 aliphatic heterocycles. The lowest BCUT2D eigenvalue weighted by molar-refractivity contribution is 0.0803. The molecule has 0 amide bonds. The summed E-state index contributed by atoms with van der Waals surface area (Å²) in [7, 11) is 3.92. The first-order valence-corrected chi connectivity index (χ1v) is 6.73. The number of hydrogen-bond acceptors (Lipinski definition) is 3. The molecule has 3 nitrogen and oxygen atoms in total. The topological polar surface area (TPSA) is 24.5 Å². The first kappa shape index (κ1) is 12.3. The van der Waals surface area contributed by atoms with Crippen molar-refractivity contribution in [3.63, 3.8) is 0 Å². The van der Waals surface area contributed by atoms with Crippen molar-refractivity contribution in [1.82, 2.24) is 10.2 Å². The molecule has 16 heavy (non-hydrogen) atoms. The summed E-state index contributed by atoms with van der Waals surface area (Å²) in [6.45, 7) is 3.53. The van der Waals surface area contributed by atoms with Crippen LogP contribution in [0.25, 0.3) is 0 Å². The Hall–Kier alpha value is -0.120.